The fourth-order valence-corrected chi connectivity index (χ4v) is 8.23. The molecule has 0 spiro atoms. The third-order valence-corrected chi connectivity index (χ3v) is 10.9. The first-order valence-electron chi connectivity index (χ1n) is 19.2. The van der Waals surface area contributed by atoms with Crippen LogP contribution >= 0.6 is 0 Å². The van der Waals surface area contributed by atoms with Crippen molar-refractivity contribution in [3.8, 4) is 11.5 Å². The highest BCUT2D eigenvalue weighted by Crippen LogP contribution is 2.45. The first kappa shape index (κ1) is 43.3. The Bertz CT molecular complexity index is 1550. The molecule has 52 heavy (non-hydrogen) atoms. The van der Waals surface area contributed by atoms with E-state index in [1.165, 1.54) is 0 Å². The van der Waals surface area contributed by atoms with Gasteiger partial charge in [0.1, 0.15) is 17.6 Å². The van der Waals surface area contributed by atoms with E-state index in [0.717, 1.165) is 33.4 Å². The van der Waals surface area contributed by atoms with Gasteiger partial charge in [0.25, 0.3) is 0 Å². The molecule has 3 rings (SSSR count). The largest absolute Gasteiger partial charge is 0.507 e. The van der Waals surface area contributed by atoms with Gasteiger partial charge in [-0.2, -0.15) is 0 Å². The Balaban J connectivity index is 1.84. The number of benzene rings is 2. The molecule has 0 aliphatic carbocycles. The number of piperidine rings is 1. The summed E-state index contributed by atoms with van der Waals surface area (Å²) in [6, 6.07) is 7.80. The number of ether oxygens (including phenoxy) is 2. The van der Waals surface area contributed by atoms with Gasteiger partial charge in [-0.25, -0.2) is 0 Å². The molecule has 0 saturated carbocycles. The lowest BCUT2D eigenvalue weighted by Gasteiger charge is -2.56. The van der Waals surface area contributed by atoms with Gasteiger partial charge in [-0.3, -0.25) is 14.5 Å². The minimum atomic E-state index is -0.547. The quantitative estimate of drug-likeness (QED) is 0.275. The van der Waals surface area contributed by atoms with Gasteiger partial charge in [0.05, 0.1) is 11.8 Å². The highest BCUT2D eigenvalue weighted by molar-refractivity contribution is 5.79. The van der Waals surface area contributed by atoms with Crippen LogP contribution in [-0.4, -0.2) is 50.5 Å². The van der Waals surface area contributed by atoms with Crippen molar-refractivity contribution in [2.24, 2.45) is 0 Å². The predicted octanol–water partition coefficient (Wildman–Crippen LogP) is 10.6. The summed E-state index contributed by atoms with van der Waals surface area (Å²) >= 11 is 0. The van der Waals surface area contributed by atoms with Crippen LogP contribution in [0.5, 0.6) is 11.5 Å². The highest BCUT2D eigenvalue weighted by Gasteiger charge is 2.50. The third-order valence-electron chi connectivity index (χ3n) is 10.9. The molecule has 0 bridgehead atoms. The molecule has 1 fully saturated rings. The summed E-state index contributed by atoms with van der Waals surface area (Å²) in [6.45, 7) is 38.9. The molecule has 3 unspecified atom stereocenters. The molecule has 0 radical (unpaired) electrons. The zero-order valence-electron chi connectivity index (χ0n) is 36.0. The van der Waals surface area contributed by atoms with Crippen LogP contribution in [-0.2, 0) is 40.7 Å². The van der Waals surface area contributed by atoms with Gasteiger partial charge in [0.15, 0.2) is 6.23 Å². The molecule has 1 aliphatic rings. The molecule has 1 saturated heterocycles. The van der Waals surface area contributed by atoms with Gasteiger partial charge in [0.2, 0.25) is 0 Å². The molecule has 7 nitrogen and oxygen atoms in total. The Hall–Kier alpha value is -3.06. The maximum absolute atomic E-state index is 13.8. The van der Waals surface area contributed by atoms with E-state index in [0.29, 0.717) is 12.8 Å². The van der Waals surface area contributed by atoms with Crippen LogP contribution in [0.25, 0.3) is 0 Å². The van der Waals surface area contributed by atoms with Crippen molar-refractivity contribution in [2.75, 3.05) is 0 Å². The summed E-state index contributed by atoms with van der Waals surface area (Å²) in [7, 11) is 0. The van der Waals surface area contributed by atoms with Gasteiger partial charge in [-0.1, -0.05) is 107 Å². The van der Waals surface area contributed by atoms with E-state index >= 15 is 0 Å². The zero-order chi connectivity index (χ0) is 40.3. The summed E-state index contributed by atoms with van der Waals surface area (Å²) in [6.07, 6.45) is 0.275. The minimum Gasteiger partial charge on any atom is -0.507 e. The molecule has 2 N–H and O–H groups in total. The van der Waals surface area contributed by atoms with Gasteiger partial charge >= 0.3 is 11.9 Å². The Morgan fingerprint density at radius 1 is 0.615 bits per heavy atom. The predicted molar refractivity (Wildman–Crippen MR) is 213 cm³/mol. The first-order chi connectivity index (χ1) is 23.2. The summed E-state index contributed by atoms with van der Waals surface area (Å²) in [5.74, 6) is -1.12. The highest BCUT2D eigenvalue weighted by atomic mass is 16.6. The molecule has 1 aliphatic heterocycles. The van der Waals surface area contributed by atoms with Crippen LogP contribution in [0.4, 0.5) is 0 Å². The van der Waals surface area contributed by atoms with Crippen molar-refractivity contribution >= 4 is 11.9 Å². The Morgan fingerprint density at radius 2 is 0.904 bits per heavy atom. The number of carbonyl (C=O) groups excluding carboxylic acids is 2. The SMILES string of the molecule is CC(C(=O)OC1CC(C)(C)N(C(C)OC(=O)C(C)c2cc(C(C)(C)C)c(O)c(C(C)(C)C)c2)C(C)(C)C1)c1cc(C(C)(C)C)c(O)c(C(C)(C)C)c1. The van der Waals surface area contributed by atoms with Crippen molar-refractivity contribution in [3.63, 3.8) is 0 Å². The van der Waals surface area contributed by atoms with E-state index in [1.807, 2.05) is 45.0 Å². The Morgan fingerprint density at radius 3 is 1.19 bits per heavy atom. The Labute approximate surface area is 315 Å². The van der Waals surface area contributed by atoms with E-state index < -0.39 is 29.1 Å². The lowest BCUT2D eigenvalue weighted by Crippen LogP contribution is -2.65. The number of hydrogen-bond acceptors (Lipinski definition) is 7. The minimum absolute atomic E-state index is 0.284. The molecular weight excluding hydrogens is 650 g/mol. The first-order valence-corrected chi connectivity index (χ1v) is 19.2. The maximum Gasteiger partial charge on any atom is 0.314 e. The fourth-order valence-electron chi connectivity index (χ4n) is 8.23. The second-order valence-electron chi connectivity index (χ2n) is 20.9. The molecule has 0 aromatic heterocycles. The number of phenolic OH excluding ortho intramolecular Hbond substituents is 2. The second-order valence-corrected chi connectivity index (χ2v) is 20.9. The topological polar surface area (TPSA) is 96.3 Å². The van der Waals surface area contributed by atoms with E-state index in [4.69, 9.17) is 9.47 Å². The van der Waals surface area contributed by atoms with Crippen LogP contribution in [0.1, 0.15) is 190 Å². The van der Waals surface area contributed by atoms with Gasteiger partial charge < -0.3 is 19.7 Å². The molecule has 3 atom stereocenters. The lowest BCUT2D eigenvalue weighted by molar-refractivity contribution is -0.196. The normalized spacial score (nSPS) is 19.1. The third kappa shape index (κ3) is 9.35. The molecule has 292 valence electrons. The summed E-state index contributed by atoms with van der Waals surface area (Å²) < 4.78 is 12.5. The van der Waals surface area contributed by atoms with E-state index in [9.17, 15) is 19.8 Å². The van der Waals surface area contributed by atoms with Gasteiger partial charge in [0, 0.05) is 23.9 Å². The number of rotatable bonds is 7. The maximum atomic E-state index is 13.8. The summed E-state index contributed by atoms with van der Waals surface area (Å²) in [5, 5.41) is 22.4. The number of likely N-dealkylation sites (tertiary alicyclic amines) is 1. The molecular formula is C45H71NO6. The number of hydrogen-bond donors (Lipinski definition) is 2. The molecule has 2 aromatic carbocycles. The van der Waals surface area contributed by atoms with Crippen molar-refractivity contribution in [2.45, 2.75) is 201 Å². The number of esters is 2. The van der Waals surface area contributed by atoms with E-state index in [-0.39, 0.29) is 51.2 Å². The molecule has 7 heteroatoms. The Kier molecular flexibility index (Phi) is 11.9. The van der Waals surface area contributed by atoms with E-state index in [1.54, 1.807) is 0 Å². The number of carbonyl (C=O) groups is 2. The van der Waals surface area contributed by atoms with Gasteiger partial charge in [-0.05, 0) is 104 Å². The number of nitrogens with zero attached hydrogens (tertiary/aromatic N) is 1. The van der Waals surface area contributed by atoms with Crippen molar-refractivity contribution < 1.29 is 29.3 Å². The summed E-state index contributed by atoms with van der Waals surface area (Å²) in [5.41, 5.74) is 2.74. The molecule has 1 heterocycles. The smallest absolute Gasteiger partial charge is 0.314 e. The monoisotopic (exact) mass is 722 g/mol. The van der Waals surface area contributed by atoms with E-state index in [2.05, 4.69) is 116 Å². The number of phenols is 2. The van der Waals surface area contributed by atoms with Crippen LogP contribution < -0.4 is 0 Å². The average Bonchev–Trinajstić information content (AvgIpc) is 2.92. The zero-order valence-corrected chi connectivity index (χ0v) is 36.0. The van der Waals surface area contributed by atoms with Gasteiger partial charge in [-0.15, -0.1) is 0 Å². The van der Waals surface area contributed by atoms with Crippen molar-refractivity contribution in [1.82, 2.24) is 4.90 Å². The van der Waals surface area contributed by atoms with Crippen LogP contribution in [0.15, 0.2) is 24.3 Å². The summed E-state index contributed by atoms with van der Waals surface area (Å²) in [4.78, 5) is 29.9. The van der Waals surface area contributed by atoms with Crippen molar-refractivity contribution in [1.29, 1.82) is 0 Å². The molecule has 2 aromatic rings. The molecule has 0 amide bonds. The fraction of sp³-hybridized carbons (Fsp3) is 0.689. The lowest BCUT2D eigenvalue weighted by atomic mass is 9.77. The van der Waals surface area contributed by atoms with Crippen LogP contribution in [0.3, 0.4) is 0 Å². The number of aromatic hydroxyl groups is 2. The average molecular weight is 722 g/mol. The van der Waals surface area contributed by atoms with Crippen molar-refractivity contribution in [3.05, 3.63) is 57.6 Å². The van der Waals surface area contributed by atoms with Crippen LogP contribution in [0, 0.1) is 0 Å². The van der Waals surface area contributed by atoms with Crippen LogP contribution in [0.2, 0.25) is 0 Å². The second kappa shape index (κ2) is 14.3. The standard InChI is InChI=1S/C45H71NO6/c1-26(29-20-32(40(4,5)6)36(47)33(21-29)41(7,8)9)38(49)51-28(3)46-44(16,17)24-31(25-45(46,18)19)52-39(50)27(2)30-22-34(42(10,11)12)37(48)35(23-30)43(13,14)15/h20-23,26-28,31,47-48H,24-25H2,1-19H3.